The molecule has 19 heavy (non-hydrogen) atoms. The number of hydrogen-bond donors (Lipinski definition) is 1. The molecule has 0 amide bonds. The quantitative estimate of drug-likeness (QED) is 0.739. The van der Waals surface area contributed by atoms with Crippen LogP contribution in [0.4, 0.5) is 0 Å². The zero-order chi connectivity index (χ0) is 14.3. The van der Waals surface area contributed by atoms with Crippen LogP contribution >= 0.6 is 0 Å². The molecule has 1 saturated heterocycles. The van der Waals surface area contributed by atoms with E-state index in [0.717, 1.165) is 32.5 Å². The minimum Gasteiger partial charge on any atom is -0.313 e. The summed E-state index contributed by atoms with van der Waals surface area (Å²) in [7, 11) is -2.82. The van der Waals surface area contributed by atoms with E-state index >= 15 is 0 Å². The highest BCUT2D eigenvalue weighted by molar-refractivity contribution is 7.90. The number of likely N-dealkylation sites (tertiary alicyclic amines) is 1. The molecule has 1 N–H and O–H groups in total. The molecule has 0 saturated carbocycles. The molecule has 2 unspecified atom stereocenters. The molecule has 4 nitrogen and oxygen atoms in total. The van der Waals surface area contributed by atoms with Gasteiger partial charge in [0, 0.05) is 18.3 Å². The van der Waals surface area contributed by atoms with Gasteiger partial charge in [-0.2, -0.15) is 0 Å². The van der Waals surface area contributed by atoms with Crippen molar-refractivity contribution >= 4 is 9.84 Å². The van der Waals surface area contributed by atoms with Gasteiger partial charge in [-0.15, -0.1) is 0 Å². The zero-order valence-electron chi connectivity index (χ0n) is 12.7. The average molecular weight is 290 g/mol. The van der Waals surface area contributed by atoms with Gasteiger partial charge < -0.3 is 5.32 Å². The van der Waals surface area contributed by atoms with Gasteiger partial charge in [-0.3, -0.25) is 4.90 Å². The normalized spacial score (nSPS) is 23.4. The Labute approximate surface area is 118 Å². The molecule has 114 valence electrons. The van der Waals surface area contributed by atoms with Gasteiger partial charge >= 0.3 is 0 Å². The molecule has 0 bridgehead atoms. The fourth-order valence-corrected chi connectivity index (χ4v) is 3.55. The number of rotatable bonds is 8. The lowest BCUT2D eigenvalue weighted by Crippen LogP contribution is -2.51. The van der Waals surface area contributed by atoms with Crippen LogP contribution < -0.4 is 5.32 Å². The first-order valence-electron chi connectivity index (χ1n) is 7.59. The van der Waals surface area contributed by atoms with Gasteiger partial charge in [-0.05, 0) is 52.2 Å². The Morgan fingerprint density at radius 3 is 2.74 bits per heavy atom. The molecule has 5 heteroatoms. The first-order valence-corrected chi connectivity index (χ1v) is 9.65. The Hall–Kier alpha value is -0.130. The fourth-order valence-electron chi connectivity index (χ4n) is 2.90. The molecule has 1 aliphatic heterocycles. The molecule has 0 aromatic carbocycles. The van der Waals surface area contributed by atoms with E-state index in [9.17, 15) is 8.42 Å². The summed E-state index contributed by atoms with van der Waals surface area (Å²) in [5.74, 6) is 0.312. The first kappa shape index (κ1) is 16.9. The molecule has 0 radical (unpaired) electrons. The highest BCUT2D eigenvalue weighted by Crippen LogP contribution is 2.20. The predicted molar refractivity (Wildman–Crippen MR) is 81.3 cm³/mol. The van der Waals surface area contributed by atoms with Gasteiger partial charge in [-0.1, -0.05) is 13.3 Å². The van der Waals surface area contributed by atoms with E-state index in [2.05, 4.69) is 24.1 Å². The maximum Gasteiger partial charge on any atom is 0.147 e. The second kappa shape index (κ2) is 8.22. The smallest absolute Gasteiger partial charge is 0.147 e. The van der Waals surface area contributed by atoms with E-state index in [1.54, 1.807) is 0 Å². The Bertz CT molecular complexity index is 343. The molecule has 0 aromatic heterocycles. The zero-order valence-corrected chi connectivity index (χ0v) is 13.5. The van der Waals surface area contributed by atoms with Crippen molar-refractivity contribution in [3.05, 3.63) is 0 Å². The molecule has 0 aliphatic carbocycles. The fraction of sp³-hybridized carbons (Fsp3) is 1.00. The summed E-state index contributed by atoms with van der Waals surface area (Å²) in [6.45, 7) is 7.54. The van der Waals surface area contributed by atoms with E-state index in [1.807, 2.05) is 0 Å². The van der Waals surface area contributed by atoms with Gasteiger partial charge in [0.2, 0.25) is 0 Å². The second-order valence-electron chi connectivity index (χ2n) is 5.83. The molecule has 1 fully saturated rings. The number of hydrogen-bond acceptors (Lipinski definition) is 4. The molecule has 1 rings (SSSR count). The summed E-state index contributed by atoms with van der Waals surface area (Å²) in [5, 5.41) is 3.58. The van der Waals surface area contributed by atoms with Crippen molar-refractivity contribution in [2.24, 2.45) is 0 Å². The SMILES string of the molecule is CCCNC(C)C1CCCCN1CCCS(C)(=O)=O. The lowest BCUT2D eigenvalue weighted by Gasteiger charge is -2.39. The Morgan fingerprint density at radius 2 is 2.11 bits per heavy atom. The minimum atomic E-state index is -2.82. The topological polar surface area (TPSA) is 49.4 Å². The van der Waals surface area contributed by atoms with Crippen molar-refractivity contribution in [1.29, 1.82) is 0 Å². The lowest BCUT2D eigenvalue weighted by atomic mass is 9.96. The molecule has 0 spiro atoms. The summed E-state index contributed by atoms with van der Waals surface area (Å²) >= 11 is 0. The summed E-state index contributed by atoms with van der Waals surface area (Å²) in [5.41, 5.74) is 0. The Kier molecular flexibility index (Phi) is 7.32. The standard InChI is InChI=1S/C14H30N2O2S/c1-4-9-15-13(2)14-8-5-6-10-16(14)11-7-12-19(3,17)18/h13-15H,4-12H2,1-3H3. The molecule has 0 aromatic rings. The highest BCUT2D eigenvalue weighted by atomic mass is 32.2. The van der Waals surface area contributed by atoms with E-state index in [1.165, 1.54) is 25.5 Å². The Morgan fingerprint density at radius 1 is 1.37 bits per heavy atom. The molecular weight excluding hydrogens is 260 g/mol. The molecule has 2 atom stereocenters. The monoisotopic (exact) mass is 290 g/mol. The van der Waals surface area contributed by atoms with Crippen LogP contribution in [-0.4, -0.2) is 57.0 Å². The maximum atomic E-state index is 11.2. The predicted octanol–water partition coefficient (Wildman–Crippen LogP) is 1.66. The largest absolute Gasteiger partial charge is 0.313 e. The number of nitrogens with one attached hydrogen (secondary N) is 1. The van der Waals surface area contributed by atoms with Crippen molar-refractivity contribution in [2.45, 2.75) is 58.0 Å². The van der Waals surface area contributed by atoms with Gasteiger partial charge in [0.05, 0.1) is 5.75 Å². The second-order valence-corrected chi connectivity index (χ2v) is 8.09. The number of piperidine rings is 1. The van der Waals surface area contributed by atoms with Crippen molar-refractivity contribution < 1.29 is 8.42 Å². The summed E-state index contributed by atoms with van der Waals surface area (Å²) < 4.78 is 22.4. The third kappa shape index (κ3) is 6.72. The van der Waals surface area contributed by atoms with Crippen LogP contribution in [0.5, 0.6) is 0 Å². The lowest BCUT2D eigenvalue weighted by molar-refractivity contribution is 0.120. The van der Waals surface area contributed by atoms with E-state index in [-0.39, 0.29) is 0 Å². The van der Waals surface area contributed by atoms with E-state index < -0.39 is 9.84 Å². The number of nitrogens with zero attached hydrogens (tertiary/aromatic N) is 1. The van der Waals surface area contributed by atoms with Crippen molar-refractivity contribution in [3.63, 3.8) is 0 Å². The van der Waals surface area contributed by atoms with Crippen LogP contribution in [0.3, 0.4) is 0 Å². The maximum absolute atomic E-state index is 11.2. The summed E-state index contributed by atoms with van der Waals surface area (Å²) in [6, 6.07) is 1.07. The third-order valence-electron chi connectivity index (χ3n) is 3.92. The van der Waals surface area contributed by atoms with Crippen molar-refractivity contribution in [1.82, 2.24) is 10.2 Å². The van der Waals surface area contributed by atoms with Gasteiger partial charge in [-0.25, -0.2) is 8.42 Å². The molecule has 1 aliphatic rings. The number of sulfone groups is 1. The van der Waals surface area contributed by atoms with Crippen LogP contribution in [0.1, 0.15) is 46.0 Å². The summed E-state index contributed by atoms with van der Waals surface area (Å²) in [4.78, 5) is 2.49. The van der Waals surface area contributed by atoms with Gasteiger partial charge in [0.25, 0.3) is 0 Å². The highest BCUT2D eigenvalue weighted by Gasteiger charge is 2.26. The van der Waals surface area contributed by atoms with Crippen LogP contribution in [0, 0.1) is 0 Å². The summed E-state index contributed by atoms with van der Waals surface area (Å²) in [6.07, 6.45) is 7.02. The van der Waals surface area contributed by atoms with Crippen LogP contribution in [0.2, 0.25) is 0 Å². The van der Waals surface area contributed by atoms with E-state index in [0.29, 0.717) is 17.8 Å². The molecule has 1 heterocycles. The van der Waals surface area contributed by atoms with Crippen molar-refractivity contribution in [3.8, 4) is 0 Å². The Balaban J connectivity index is 2.43. The third-order valence-corrected chi connectivity index (χ3v) is 4.95. The van der Waals surface area contributed by atoms with Crippen LogP contribution in [0.25, 0.3) is 0 Å². The van der Waals surface area contributed by atoms with Gasteiger partial charge in [0.1, 0.15) is 9.84 Å². The van der Waals surface area contributed by atoms with E-state index in [4.69, 9.17) is 0 Å². The van der Waals surface area contributed by atoms with Crippen LogP contribution in [-0.2, 0) is 9.84 Å². The first-order chi connectivity index (χ1) is 8.94. The van der Waals surface area contributed by atoms with Gasteiger partial charge in [0.15, 0.2) is 0 Å². The minimum absolute atomic E-state index is 0.312. The van der Waals surface area contributed by atoms with Crippen molar-refractivity contribution in [2.75, 3.05) is 31.6 Å². The van der Waals surface area contributed by atoms with Crippen LogP contribution in [0.15, 0.2) is 0 Å². The molecular formula is C14H30N2O2S. The average Bonchev–Trinajstić information content (AvgIpc) is 2.35.